The van der Waals surface area contributed by atoms with E-state index in [0.717, 1.165) is 0 Å². The van der Waals surface area contributed by atoms with Crippen molar-refractivity contribution in [3.05, 3.63) is 59.4 Å². The summed E-state index contributed by atoms with van der Waals surface area (Å²) in [6.07, 6.45) is 3.23. The number of fused-ring (bicyclic) bond motifs is 1. The molecule has 4 rings (SSSR count). The number of hydrogen-bond acceptors (Lipinski definition) is 7. The minimum Gasteiger partial charge on any atom is -0.507 e. The molecule has 2 aromatic rings. The number of rotatable bonds is 5. The first-order valence-corrected chi connectivity index (χ1v) is 9.70. The van der Waals surface area contributed by atoms with Crippen molar-refractivity contribution in [1.82, 2.24) is 14.8 Å². The summed E-state index contributed by atoms with van der Waals surface area (Å²) in [5.41, 5.74) is 1.09. The van der Waals surface area contributed by atoms with Crippen LogP contribution in [0.2, 0.25) is 0 Å². The predicted molar refractivity (Wildman–Crippen MR) is 109 cm³/mol. The van der Waals surface area contributed by atoms with Gasteiger partial charge in [0.15, 0.2) is 11.5 Å². The lowest BCUT2D eigenvalue weighted by Gasteiger charge is -2.26. The minimum atomic E-state index is -0.716. The normalized spacial score (nSPS) is 20.1. The molecule has 2 aliphatic heterocycles. The van der Waals surface area contributed by atoms with Crippen LogP contribution < -0.4 is 9.47 Å². The molecule has 30 heavy (non-hydrogen) atoms. The Kier molecular flexibility index (Phi) is 5.41. The van der Waals surface area contributed by atoms with Crippen LogP contribution in [0.1, 0.15) is 17.2 Å². The van der Waals surface area contributed by atoms with E-state index in [2.05, 4.69) is 4.98 Å². The molecule has 8 nitrogen and oxygen atoms in total. The van der Waals surface area contributed by atoms with Crippen molar-refractivity contribution in [3.63, 3.8) is 0 Å². The highest BCUT2D eigenvalue weighted by molar-refractivity contribution is 6.46. The Morgan fingerprint density at radius 3 is 2.67 bits per heavy atom. The van der Waals surface area contributed by atoms with E-state index >= 15 is 0 Å². The van der Waals surface area contributed by atoms with E-state index in [1.807, 2.05) is 19.0 Å². The van der Waals surface area contributed by atoms with Crippen LogP contribution in [-0.2, 0) is 9.59 Å². The molecule has 2 aliphatic rings. The number of pyridine rings is 1. The predicted octanol–water partition coefficient (Wildman–Crippen LogP) is 1.84. The fraction of sp³-hybridized carbons (Fsp3) is 0.318. The number of likely N-dealkylation sites (N-methyl/N-ethyl adjacent to an activating group) is 1. The fourth-order valence-electron chi connectivity index (χ4n) is 3.65. The topological polar surface area (TPSA) is 92.2 Å². The summed E-state index contributed by atoms with van der Waals surface area (Å²) in [4.78, 5) is 33.3. The van der Waals surface area contributed by atoms with Gasteiger partial charge in [-0.3, -0.25) is 14.6 Å². The molecule has 1 aromatic carbocycles. The van der Waals surface area contributed by atoms with Gasteiger partial charge in [-0.05, 0) is 43.9 Å². The van der Waals surface area contributed by atoms with Gasteiger partial charge in [-0.2, -0.15) is 0 Å². The van der Waals surface area contributed by atoms with E-state index in [9.17, 15) is 14.7 Å². The lowest BCUT2D eigenvalue weighted by atomic mass is 9.96. The lowest BCUT2D eigenvalue weighted by Crippen LogP contribution is -2.35. The molecule has 0 unspecified atom stereocenters. The van der Waals surface area contributed by atoms with Crippen molar-refractivity contribution >= 4 is 17.4 Å². The number of nitrogens with zero attached hydrogens (tertiary/aromatic N) is 3. The Balaban J connectivity index is 1.81. The zero-order valence-electron chi connectivity index (χ0n) is 16.9. The molecule has 0 bridgehead atoms. The number of amides is 1. The standard InChI is InChI=1S/C22H23N3O5/c1-24(2)8-9-25-19(15-4-3-7-23-13-15)18(21(27)22(25)28)20(26)14-5-6-16-17(12-14)30-11-10-29-16/h3-7,12-13,19,26H,8-11H2,1-2H3/b20-18+/t19-/m0/s1. The zero-order valence-corrected chi connectivity index (χ0v) is 16.9. The van der Waals surface area contributed by atoms with Crippen molar-refractivity contribution in [2.75, 3.05) is 40.4 Å². The second kappa shape index (κ2) is 8.16. The van der Waals surface area contributed by atoms with Crippen LogP contribution in [0.15, 0.2) is 48.3 Å². The fourth-order valence-corrected chi connectivity index (χ4v) is 3.65. The lowest BCUT2D eigenvalue weighted by molar-refractivity contribution is -0.140. The number of hydrogen-bond donors (Lipinski definition) is 1. The third-order valence-corrected chi connectivity index (χ3v) is 5.14. The molecule has 1 N–H and O–H groups in total. The van der Waals surface area contributed by atoms with Crippen LogP contribution in [0.4, 0.5) is 0 Å². The van der Waals surface area contributed by atoms with Crippen molar-refractivity contribution < 1.29 is 24.2 Å². The van der Waals surface area contributed by atoms with Gasteiger partial charge in [0, 0.05) is 31.0 Å². The first-order valence-electron chi connectivity index (χ1n) is 9.70. The highest BCUT2D eigenvalue weighted by Gasteiger charge is 2.46. The minimum absolute atomic E-state index is 0.0448. The number of ether oxygens (including phenoxy) is 2. The number of aliphatic hydroxyl groups excluding tert-OH is 1. The van der Waals surface area contributed by atoms with Crippen LogP contribution in [-0.4, -0.2) is 72.0 Å². The SMILES string of the molecule is CN(C)CCN1C(=O)C(=O)/C(=C(/O)c2ccc3c(c2)OCCO3)[C@@H]1c1cccnc1. The average molecular weight is 409 g/mol. The summed E-state index contributed by atoms with van der Waals surface area (Å²) < 4.78 is 11.1. The Labute approximate surface area is 174 Å². The Morgan fingerprint density at radius 2 is 1.97 bits per heavy atom. The van der Waals surface area contributed by atoms with Gasteiger partial charge < -0.3 is 24.4 Å². The molecule has 156 valence electrons. The largest absolute Gasteiger partial charge is 0.507 e. The van der Waals surface area contributed by atoms with E-state index in [4.69, 9.17) is 9.47 Å². The van der Waals surface area contributed by atoms with E-state index in [-0.39, 0.29) is 11.3 Å². The Hall–Kier alpha value is -3.39. The van der Waals surface area contributed by atoms with Crippen molar-refractivity contribution in [3.8, 4) is 11.5 Å². The van der Waals surface area contributed by atoms with Crippen LogP contribution in [0.3, 0.4) is 0 Å². The highest BCUT2D eigenvalue weighted by atomic mass is 16.6. The second-order valence-electron chi connectivity index (χ2n) is 7.44. The summed E-state index contributed by atoms with van der Waals surface area (Å²) in [5.74, 6) is -0.524. The molecule has 3 heterocycles. The third kappa shape index (κ3) is 3.61. The van der Waals surface area contributed by atoms with Gasteiger partial charge in [-0.25, -0.2) is 0 Å². The maximum Gasteiger partial charge on any atom is 0.295 e. The van der Waals surface area contributed by atoms with Crippen molar-refractivity contribution in [2.24, 2.45) is 0 Å². The Bertz CT molecular complexity index is 1000. The smallest absolute Gasteiger partial charge is 0.295 e. The Morgan fingerprint density at radius 1 is 1.20 bits per heavy atom. The van der Waals surface area contributed by atoms with E-state index in [1.54, 1.807) is 42.7 Å². The molecule has 0 aliphatic carbocycles. The van der Waals surface area contributed by atoms with Crippen LogP contribution >= 0.6 is 0 Å². The quantitative estimate of drug-likeness (QED) is 0.458. The van der Waals surface area contributed by atoms with Crippen LogP contribution in [0.5, 0.6) is 11.5 Å². The first kappa shape index (κ1) is 19.9. The number of carbonyl (C=O) groups excluding carboxylic acids is 2. The van der Waals surface area contributed by atoms with Gasteiger partial charge in [-0.1, -0.05) is 6.07 Å². The number of carbonyl (C=O) groups is 2. The van der Waals surface area contributed by atoms with Gasteiger partial charge in [-0.15, -0.1) is 0 Å². The molecule has 0 radical (unpaired) electrons. The van der Waals surface area contributed by atoms with Gasteiger partial charge in [0.25, 0.3) is 11.7 Å². The van der Waals surface area contributed by atoms with E-state index < -0.39 is 17.7 Å². The van der Waals surface area contributed by atoms with Crippen molar-refractivity contribution in [2.45, 2.75) is 6.04 Å². The number of aromatic nitrogens is 1. The zero-order chi connectivity index (χ0) is 21.3. The average Bonchev–Trinajstić information content (AvgIpc) is 3.02. The van der Waals surface area contributed by atoms with Gasteiger partial charge in [0.1, 0.15) is 19.0 Å². The summed E-state index contributed by atoms with van der Waals surface area (Å²) in [6, 6.07) is 7.78. The third-order valence-electron chi connectivity index (χ3n) is 5.14. The van der Waals surface area contributed by atoms with Crippen LogP contribution in [0.25, 0.3) is 5.76 Å². The number of likely N-dealkylation sites (tertiary alicyclic amines) is 1. The molecule has 0 spiro atoms. The summed E-state index contributed by atoms with van der Waals surface area (Å²) in [5, 5.41) is 11.1. The monoisotopic (exact) mass is 409 g/mol. The second-order valence-corrected chi connectivity index (χ2v) is 7.44. The molecule has 0 saturated carbocycles. The summed E-state index contributed by atoms with van der Waals surface area (Å²) in [7, 11) is 3.79. The van der Waals surface area contributed by atoms with Gasteiger partial charge in [0.05, 0.1) is 11.6 Å². The molecular weight excluding hydrogens is 386 g/mol. The van der Waals surface area contributed by atoms with E-state index in [1.165, 1.54) is 4.90 Å². The molecule has 1 fully saturated rings. The number of benzene rings is 1. The first-order chi connectivity index (χ1) is 14.5. The number of aliphatic hydroxyl groups is 1. The van der Waals surface area contributed by atoms with Crippen molar-refractivity contribution in [1.29, 1.82) is 0 Å². The maximum atomic E-state index is 12.9. The van der Waals surface area contributed by atoms with Crippen LogP contribution in [0, 0.1) is 0 Å². The number of ketones is 1. The molecule has 8 heteroatoms. The molecule has 1 aromatic heterocycles. The van der Waals surface area contributed by atoms with Gasteiger partial charge >= 0.3 is 0 Å². The molecule has 1 atom stereocenters. The molecule has 1 amide bonds. The van der Waals surface area contributed by atoms with Gasteiger partial charge in [0.2, 0.25) is 0 Å². The summed E-state index contributed by atoms with van der Waals surface area (Å²) in [6.45, 7) is 1.78. The summed E-state index contributed by atoms with van der Waals surface area (Å²) >= 11 is 0. The maximum absolute atomic E-state index is 12.9. The molecule has 1 saturated heterocycles. The number of Topliss-reactive ketones (excluding diaryl/α,β-unsaturated/α-hetero) is 1. The van der Waals surface area contributed by atoms with E-state index in [0.29, 0.717) is 48.9 Å². The molecular formula is C22H23N3O5. The highest BCUT2D eigenvalue weighted by Crippen LogP contribution is 2.40.